The van der Waals surface area contributed by atoms with Crippen molar-refractivity contribution in [2.75, 3.05) is 38.6 Å². The maximum absolute atomic E-state index is 9.77. The number of piperazine rings is 1. The summed E-state index contributed by atoms with van der Waals surface area (Å²) in [6.45, 7) is 7.16. The fourth-order valence-corrected chi connectivity index (χ4v) is 4.68. The van der Waals surface area contributed by atoms with E-state index in [1.54, 1.807) is 19.5 Å². The van der Waals surface area contributed by atoms with Crippen LogP contribution >= 0.6 is 0 Å². The van der Waals surface area contributed by atoms with Gasteiger partial charge in [0.25, 0.3) is 0 Å². The van der Waals surface area contributed by atoms with E-state index in [1.165, 1.54) is 5.56 Å². The number of nitrogens with zero attached hydrogens (tertiary/aromatic N) is 3. The van der Waals surface area contributed by atoms with E-state index in [2.05, 4.69) is 62.8 Å². The van der Waals surface area contributed by atoms with Gasteiger partial charge in [0.05, 0.1) is 18.4 Å². The molecule has 4 aromatic rings. The molecule has 0 saturated carbocycles. The maximum atomic E-state index is 9.77. The summed E-state index contributed by atoms with van der Waals surface area (Å²) >= 11 is 0. The minimum atomic E-state index is 0.490. The number of aromatic nitrogens is 2. The Morgan fingerprint density at radius 2 is 1.94 bits per heavy atom. The Morgan fingerprint density at radius 1 is 1.11 bits per heavy atom. The Labute approximate surface area is 211 Å². The van der Waals surface area contributed by atoms with Gasteiger partial charge in [0.15, 0.2) is 0 Å². The third-order valence-corrected chi connectivity index (χ3v) is 6.72. The number of pyridine rings is 1. The fourth-order valence-electron chi connectivity index (χ4n) is 4.68. The summed E-state index contributed by atoms with van der Waals surface area (Å²) in [5.41, 5.74) is 7.41. The Balaban J connectivity index is 1.43. The van der Waals surface area contributed by atoms with Crippen molar-refractivity contribution in [3.05, 3.63) is 82.8 Å². The molecular formula is C29H30N6O. The van der Waals surface area contributed by atoms with E-state index in [9.17, 15) is 5.26 Å². The Kier molecular flexibility index (Phi) is 6.99. The lowest BCUT2D eigenvalue weighted by atomic mass is 10.1. The van der Waals surface area contributed by atoms with Gasteiger partial charge in [-0.25, -0.2) is 0 Å². The summed E-state index contributed by atoms with van der Waals surface area (Å²) in [5.74, 6) is 0.826. The number of benzene rings is 2. The third kappa shape index (κ3) is 4.96. The van der Waals surface area contributed by atoms with Crippen LogP contribution in [0.15, 0.2) is 55.0 Å². The number of nitrogens with one attached hydrogen (secondary N) is 3. The highest BCUT2D eigenvalue weighted by molar-refractivity contribution is 5.90. The number of methoxy groups -OCH3 is 1. The molecule has 7 nitrogen and oxygen atoms in total. The van der Waals surface area contributed by atoms with Crippen LogP contribution in [0.2, 0.25) is 0 Å². The van der Waals surface area contributed by atoms with E-state index >= 15 is 0 Å². The smallest absolute Gasteiger partial charge is 0.126 e. The molecule has 0 unspecified atom stereocenters. The molecular weight excluding hydrogens is 448 g/mol. The molecule has 1 aliphatic rings. The summed E-state index contributed by atoms with van der Waals surface area (Å²) in [7, 11) is 1.70. The van der Waals surface area contributed by atoms with Gasteiger partial charge in [0.2, 0.25) is 0 Å². The minimum absolute atomic E-state index is 0.490. The minimum Gasteiger partial charge on any atom is -0.496 e. The zero-order valence-electron chi connectivity index (χ0n) is 20.6. The standard InChI is InChI=1S/C29H30N6O/c1-20-25-9-10-33-27(25)8-7-26(20)34-29-23(17-32-18-24(29)16-30)6-5-22-4-3-21(15-28(22)36-2)19-35-13-11-31-12-14-35/h3-10,15,17-18,31,33H,11-14,19H2,1-2H3,(H,32,34)/b6-5+. The van der Waals surface area contributed by atoms with Crippen LogP contribution in [0.3, 0.4) is 0 Å². The molecule has 1 saturated heterocycles. The SMILES string of the molecule is COc1cc(CN2CCNCC2)ccc1/C=C/c1cncc(C#N)c1Nc1ccc2[nH]ccc2c1C. The number of rotatable bonds is 7. The van der Waals surface area contributed by atoms with Crippen molar-refractivity contribution in [1.29, 1.82) is 5.26 Å². The van der Waals surface area contributed by atoms with Crippen molar-refractivity contribution in [2.24, 2.45) is 0 Å². The van der Waals surface area contributed by atoms with Crippen molar-refractivity contribution in [1.82, 2.24) is 20.2 Å². The van der Waals surface area contributed by atoms with Crippen LogP contribution in [0.25, 0.3) is 23.1 Å². The molecule has 7 heteroatoms. The van der Waals surface area contributed by atoms with E-state index in [-0.39, 0.29) is 0 Å². The van der Waals surface area contributed by atoms with Crippen molar-refractivity contribution >= 4 is 34.4 Å². The number of hydrogen-bond acceptors (Lipinski definition) is 6. The van der Waals surface area contributed by atoms with Gasteiger partial charge in [-0.05, 0) is 42.3 Å². The van der Waals surface area contributed by atoms with Crippen molar-refractivity contribution in [3.63, 3.8) is 0 Å². The number of H-pyrrole nitrogens is 1. The molecule has 5 rings (SSSR count). The maximum Gasteiger partial charge on any atom is 0.126 e. The second kappa shape index (κ2) is 10.6. The number of aryl methyl sites for hydroxylation is 1. The molecule has 182 valence electrons. The van der Waals surface area contributed by atoms with Gasteiger partial charge >= 0.3 is 0 Å². The zero-order chi connectivity index (χ0) is 24.9. The molecule has 36 heavy (non-hydrogen) atoms. The number of fused-ring (bicyclic) bond motifs is 1. The van der Waals surface area contributed by atoms with E-state index < -0.39 is 0 Å². The summed E-state index contributed by atoms with van der Waals surface area (Å²) in [6.07, 6.45) is 9.29. The largest absolute Gasteiger partial charge is 0.496 e. The first kappa shape index (κ1) is 23.6. The van der Waals surface area contributed by atoms with Gasteiger partial charge in [-0.3, -0.25) is 9.88 Å². The van der Waals surface area contributed by atoms with Gasteiger partial charge < -0.3 is 20.4 Å². The quantitative estimate of drug-likeness (QED) is 0.344. The molecule has 0 amide bonds. The van der Waals surface area contributed by atoms with Gasteiger partial charge in [-0.15, -0.1) is 0 Å². The average molecular weight is 479 g/mol. The molecule has 0 spiro atoms. The summed E-state index contributed by atoms with van der Waals surface area (Å²) < 4.78 is 5.71. The molecule has 2 aromatic carbocycles. The lowest BCUT2D eigenvalue weighted by molar-refractivity contribution is 0.233. The molecule has 2 aromatic heterocycles. The summed E-state index contributed by atoms with van der Waals surface area (Å²) in [5, 5.41) is 17.8. The highest BCUT2D eigenvalue weighted by Crippen LogP contribution is 2.32. The highest BCUT2D eigenvalue weighted by Gasteiger charge is 2.13. The van der Waals surface area contributed by atoms with Crippen molar-refractivity contribution < 1.29 is 4.74 Å². The van der Waals surface area contributed by atoms with Crippen LogP contribution in [0, 0.1) is 18.3 Å². The van der Waals surface area contributed by atoms with Crippen LogP contribution in [0.4, 0.5) is 11.4 Å². The van der Waals surface area contributed by atoms with Crippen LogP contribution < -0.4 is 15.4 Å². The normalized spacial score (nSPS) is 14.2. The molecule has 3 N–H and O–H groups in total. The predicted octanol–water partition coefficient (Wildman–Crippen LogP) is 5.07. The van der Waals surface area contributed by atoms with E-state index in [0.29, 0.717) is 5.56 Å². The van der Waals surface area contributed by atoms with Crippen LogP contribution in [0.5, 0.6) is 5.75 Å². The van der Waals surface area contributed by atoms with Crippen LogP contribution in [-0.4, -0.2) is 48.2 Å². The monoisotopic (exact) mass is 478 g/mol. The lowest BCUT2D eigenvalue weighted by Crippen LogP contribution is -2.42. The molecule has 1 fully saturated rings. The van der Waals surface area contributed by atoms with Crippen LogP contribution in [-0.2, 0) is 6.54 Å². The number of ether oxygens (including phenoxy) is 1. The number of anilines is 2. The lowest BCUT2D eigenvalue weighted by Gasteiger charge is -2.27. The number of nitriles is 1. The first-order valence-electron chi connectivity index (χ1n) is 12.2. The van der Waals surface area contributed by atoms with Crippen molar-refractivity contribution in [3.8, 4) is 11.8 Å². The Morgan fingerprint density at radius 3 is 2.75 bits per heavy atom. The molecule has 0 bridgehead atoms. The van der Waals surface area contributed by atoms with Crippen molar-refractivity contribution in [2.45, 2.75) is 13.5 Å². The molecule has 0 radical (unpaired) electrons. The van der Waals surface area contributed by atoms with E-state index in [1.807, 2.05) is 30.5 Å². The van der Waals surface area contributed by atoms with E-state index in [4.69, 9.17) is 4.74 Å². The molecule has 0 atom stereocenters. The van der Waals surface area contributed by atoms with Gasteiger partial charge in [0, 0.05) is 79.0 Å². The predicted molar refractivity (Wildman–Crippen MR) is 145 cm³/mol. The first-order chi connectivity index (χ1) is 17.7. The first-order valence-corrected chi connectivity index (χ1v) is 12.2. The second-order valence-corrected chi connectivity index (χ2v) is 9.00. The topological polar surface area (TPSA) is 89.0 Å². The van der Waals surface area contributed by atoms with Crippen LogP contribution in [0.1, 0.15) is 27.8 Å². The molecule has 0 aliphatic carbocycles. The Hall–Kier alpha value is -4.12. The van der Waals surface area contributed by atoms with Gasteiger partial charge in [-0.1, -0.05) is 24.3 Å². The highest BCUT2D eigenvalue weighted by atomic mass is 16.5. The second-order valence-electron chi connectivity index (χ2n) is 9.00. The fraction of sp³-hybridized carbons (Fsp3) is 0.241. The summed E-state index contributed by atoms with van der Waals surface area (Å²) in [6, 6.07) is 14.8. The zero-order valence-corrected chi connectivity index (χ0v) is 20.6. The van der Waals surface area contributed by atoms with E-state index in [0.717, 1.165) is 77.4 Å². The number of aromatic amines is 1. The molecule has 3 heterocycles. The number of hydrogen-bond donors (Lipinski definition) is 3. The average Bonchev–Trinajstić information content (AvgIpc) is 3.40. The third-order valence-electron chi connectivity index (χ3n) is 6.72. The molecule has 1 aliphatic heterocycles. The van der Waals surface area contributed by atoms with Gasteiger partial charge in [0.1, 0.15) is 11.8 Å². The summed E-state index contributed by atoms with van der Waals surface area (Å²) in [4.78, 5) is 9.99. The Bertz CT molecular complexity index is 1440. The van der Waals surface area contributed by atoms with Gasteiger partial charge in [-0.2, -0.15) is 5.26 Å².